The van der Waals surface area contributed by atoms with Gasteiger partial charge in [-0.25, -0.2) is 4.98 Å². The Kier molecular flexibility index (Phi) is 7.63. The Bertz CT molecular complexity index is 231. The summed E-state index contributed by atoms with van der Waals surface area (Å²) in [6.07, 6.45) is 1.64. The van der Waals surface area contributed by atoms with Crippen LogP contribution in [0.1, 0.15) is 13.8 Å². The zero-order valence-electron chi connectivity index (χ0n) is 7.83. The molecule has 0 bridgehead atoms. The third kappa shape index (κ3) is 4.85. The molecule has 1 aromatic rings. The molecule has 13 heavy (non-hydrogen) atoms. The van der Waals surface area contributed by atoms with Crippen molar-refractivity contribution in [1.82, 2.24) is 4.98 Å². The molecule has 0 saturated heterocycles. The van der Waals surface area contributed by atoms with E-state index in [-0.39, 0.29) is 13.2 Å². The van der Waals surface area contributed by atoms with Gasteiger partial charge in [0.2, 0.25) is 5.88 Å². The van der Waals surface area contributed by atoms with E-state index in [2.05, 4.69) is 20.9 Å². The predicted molar refractivity (Wildman–Crippen MR) is 55.9 cm³/mol. The highest BCUT2D eigenvalue weighted by Crippen LogP contribution is 2.20. The maximum absolute atomic E-state index is 8.45. The summed E-state index contributed by atoms with van der Waals surface area (Å²) >= 11 is 3.26. The average molecular weight is 248 g/mol. The molecule has 1 heterocycles. The standard InChI is InChI=1S/C7H8BrNO2.C2H6/c8-6-2-1-3-9-7(6)11-5-4-10;1-2/h1-3,10H,4-5H2;1-2H3. The summed E-state index contributed by atoms with van der Waals surface area (Å²) in [6.45, 7) is 4.28. The Morgan fingerprint density at radius 2 is 2.23 bits per heavy atom. The van der Waals surface area contributed by atoms with E-state index >= 15 is 0 Å². The monoisotopic (exact) mass is 247 g/mol. The van der Waals surface area contributed by atoms with E-state index in [0.717, 1.165) is 4.47 Å². The van der Waals surface area contributed by atoms with Crippen molar-refractivity contribution in [1.29, 1.82) is 0 Å². The fraction of sp³-hybridized carbons (Fsp3) is 0.444. The number of ether oxygens (including phenoxy) is 1. The van der Waals surface area contributed by atoms with Gasteiger partial charge in [0.05, 0.1) is 11.1 Å². The van der Waals surface area contributed by atoms with E-state index in [0.29, 0.717) is 5.88 Å². The van der Waals surface area contributed by atoms with Crippen molar-refractivity contribution in [3.8, 4) is 5.88 Å². The van der Waals surface area contributed by atoms with E-state index in [9.17, 15) is 0 Å². The van der Waals surface area contributed by atoms with Crippen LogP contribution in [0.3, 0.4) is 0 Å². The molecule has 1 rings (SSSR count). The predicted octanol–water partition coefficient (Wildman–Crippen LogP) is 2.24. The summed E-state index contributed by atoms with van der Waals surface area (Å²) in [5, 5.41) is 8.45. The van der Waals surface area contributed by atoms with Gasteiger partial charge in [-0.1, -0.05) is 13.8 Å². The van der Waals surface area contributed by atoms with Crippen molar-refractivity contribution in [3.63, 3.8) is 0 Å². The molecule has 4 heteroatoms. The lowest BCUT2D eigenvalue weighted by Gasteiger charge is -2.03. The minimum absolute atomic E-state index is 0.00299. The highest BCUT2D eigenvalue weighted by Gasteiger charge is 1.98. The first kappa shape index (κ1) is 12.4. The second-order valence-electron chi connectivity index (χ2n) is 1.86. The van der Waals surface area contributed by atoms with E-state index in [4.69, 9.17) is 9.84 Å². The van der Waals surface area contributed by atoms with Crippen molar-refractivity contribution in [2.45, 2.75) is 13.8 Å². The number of hydrogen-bond donors (Lipinski definition) is 1. The van der Waals surface area contributed by atoms with Crippen LogP contribution in [0.5, 0.6) is 5.88 Å². The van der Waals surface area contributed by atoms with Gasteiger partial charge in [-0.15, -0.1) is 0 Å². The Balaban J connectivity index is 0.000000671. The Hall–Kier alpha value is -0.610. The Morgan fingerprint density at radius 1 is 1.54 bits per heavy atom. The van der Waals surface area contributed by atoms with E-state index in [1.54, 1.807) is 12.3 Å². The first-order chi connectivity index (χ1) is 6.34. The summed E-state index contributed by atoms with van der Waals surface area (Å²) in [5.41, 5.74) is 0. The van der Waals surface area contributed by atoms with Crippen LogP contribution in [0.15, 0.2) is 22.8 Å². The second kappa shape index (κ2) is 8.01. The van der Waals surface area contributed by atoms with Gasteiger partial charge in [-0.3, -0.25) is 0 Å². The molecule has 1 aromatic heterocycles. The average Bonchev–Trinajstić information content (AvgIpc) is 2.20. The molecule has 0 fully saturated rings. The Morgan fingerprint density at radius 3 is 2.77 bits per heavy atom. The molecule has 74 valence electrons. The Labute approximate surface area is 86.9 Å². The normalized spacial score (nSPS) is 8.62. The largest absolute Gasteiger partial charge is 0.474 e. The highest BCUT2D eigenvalue weighted by molar-refractivity contribution is 9.10. The lowest BCUT2D eigenvalue weighted by atomic mass is 10.5. The number of aliphatic hydroxyl groups excluding tert-OH is 1. The molecule has 0 amide bonds. The first-order valence-corrected chi connectivity index (χ1v) is 4.98. The third-order valence-electron chi connectivity index (χ3n) is 1.05. The summed E-state index contributed by atoms with van der Waals surface area (Å²) < 4.78 is 5.88. The van der Waals surface area contributed by atoms with Crippen LogP contribution in [-0.4, -0.2) is 23.3 Å². The molecular formula is C9H14BrNO2. The molecule has 0 aliphatic carbocycles. The topological polar surface area (TPSA) is 42.4 Å². The number of halogens is 1. The van der Waals surface area contributed by atoms with Crippen molar-refractivity contribution in [2.24, 2.45) is 0 Å². The number of aliphatic hydroxyl groups is 1. The van der Waals surface area contributed by atoms with Crippen LogP contribution in [-0.2, 0) is 0 Å². The molecule has 0 aliphatic rings. The number of aromatic nitrogens is 1. The van der Waals surface area contributed by atoms with Gasteiger partial charge in [-0.05, 0) is 28.1 Å². The van der Waals surface area contributed by atoms with E-state index < -0.39 is 0 Å². The maximum atomic E-state index is 8.45. The molecule has 0 aliphatic heterocycles. The van der Waals surface area contributed by atoms with Gasteiger partial charge >= 0.3 is 0 Å². The molecule has 3 nitrogen and oxygen atoms in total. The van der Waals surface area contributed by atoms with Crippen molar-refractivity contribution in [3.05, 3.63) is 22.8 Å². The zero-order valence-corrected chi connectivity index (χ0v) is 9.41. The summed E-state index contributed by atoms with van der Waals surface area (Å²) in [7, 11) is 0. The molecular weight excluding hydrogens is 234 g/mol. The highest BCUT2D eigenvalue weighted by atomic mass is 79.9. The molecule has 0 saturated carbocycles. The molecule has 0 atom stereocenters. The smallest absolute Gasteiger partial charge is 0.228 e. The maximum Gasteiger partial charge on any atom is 0.228 e. The molecule has 0 radical (unpaired) electrons. The molecule has 0 unspecified atom stereocenters. The SMILES string of the molecule is CC.OCCOc1ncccc1Br. The summed E-state index contributed by atoms with van der Waals surface area (Å²) in [5.74, 6) is 0.515. The lowest BCUT2D eigenvalue weighted by Crippen LogP contribution is -2.03. The fourth-order valence-corrected chi connectivity index (χ4v) is 0.989. The second-order valence-corrected chi connectivity index (χ2v) is 2.72. The van der Waals surface area contributed by atoms with Crippen molar-refractivity contribution < 1.29 is 9.84 Å². The molecule has 1 N–H and O–H groups in total. The number of rotatable bonds is 3. The van der Waals surface area contributed by atoms with Crippen LogP contribution < -0.4 is 4.74 Å². The minimum atomic E-state index is 0.00299. The van der Waals surface area contributed by atoms with Crippen LogP contribution in [0.2, 0.25) is 0 Å². The first-order valence-electron chi connectivity index (χ1n) is 4.19. The lowest BCUT2D eigenvalue weighted by molar-refractivity contribution is 0.196. The third-order valence-corrected chi connectivity index (χ3v) is 1.66. The van der Waals surface area contributed by atoms with Crippen molar-refractivity contribution in [2.75, 3.05) is 13.2 Å². The van der Waals surface area contributed by atoms with Gasteiger partial charge in [0.25, 0.3) is 0 Å². The summed E-state index contributed by atoms with van der Waals surface area (Å²) in [4.78, 5) is 3.94. The van der Waals surface area contributed by atoms with Gasteiger partial charge in [0.1, 0.15) is 6.61 Å². The van der Waals surface area contributed by atoms with Crippen LogP contribution in [0, 0.1) is 0 Å². The van der Waals surface area contributed by atoms with Crippen LogP contribution in [0.25, 0.3) is 0 Å². The van der Waals surface area contributed by atoms with Gasteiger partial charge in [0.15, 0.2) is 0 Å². The van der Waals surface area contributed by atoms with E-state index in [1.807, 2.05) is 19.9 Å². The van der Waals surface area contributed by atoms with Crippen LogP contribution >= 0.6 is 15.9 Å². The van der Waals surface area contributed by atoms with Gasteiger partial charge < -0.3 is 9.84 Å². The van der Waals surface area contributed by atoms with Gasteiger partial charge in [-0.2, -0.15) is 0 Å². The van der Waals surface area contributed by atoms with E-state index in [1.165, 1.54) is 0 Å². The van der Waals surface area contributed by atoms with Crippen molar-refractivity contribution >= 4 is 15.9 Å². The fourth-order valence-electron chi connectivity index (χ4n) is 0.620. The number of hydrogen-bond acceptors (Lipinski definition) is 3. The molecule has 0 spiro atoms. The van der Waals surface area contributed by atoms with Gasteiger partial charge in [0, 0.05) is 6.20 Å². The molecule has 0 aromatic carbocycles. The quantitative estimate of drug-likeness (QED) is 0.891. The summed E-state index contributed by atoms with van der Waals surface area (Å²) in [6, 6.07) is 3.63. The van der Waals surface area contributed by atoms with Crippen LogP contribution in [0.4, 0.5) is 0 Å². The minimum Gasteiger partial charge on any atom is -0.474 e. The zero-order chi connectivity index (χ0) is 10.1. The number of pyridine rings is 1. The number of nitrogens with zero attached hydrogens (tertiary/aromatic N) is 1.